The van der Waals surface area contributed by atoms with Gasteiger partial charge in [-0.2, -0.15) is 4.98 Å². The van der Waals surface area contributed by atoms with Gasteiger partial charge in [-0.25, -0.2) is 0 Å². The second-order valence-electron chi connectivity index (χ2n) is 4.76. The number of anilines is 1. The maximum absolute atomic E-state index is 10.9. The lowest BCUT2D eigenvalue weighted by molar-refractivity contribution is -0.114. The molecule has 0 fully saturated rings. The molecule has 0 saturated heterocycles. The Labute approximate surface area is 112 Å². The number of rotatable bonds is 4. The smallest absolute Gasteiger partial charge is 0.229 e. The summed E-state index contributed by atoms with van der Waals surface area (Å²) in [5.74, 6) is 1.50. The first-order valence-corrected chi connectivity index (χ1v) is 6.23. The molecule has 0 aliphatic rings. The van der Waals surface area contributed by atoms with E-state index in [4.69, 9.17) is 4.52 Å². The number of hydrogen-bond acceptors (Lipinski definition) is 4. The van der Waals surface area contributed by atoms with E-state index in [9.17, 15) is 4.79 Å². The molecule has 0 unspecified atom stereocenters. The third-order valence-corrected chi connectivity index (χ3v) is 2.61. The molecule has 0 bridgehead atoms. The van der Waals surface area contributed by atoms with Gasteiger partial charge in [-0.05, 0) is 17.7 Å². The molecule has 1 aromatic carbocycles. The summed E-state index contributed by atoms with van der Waals surface area (Å²) in [6.07, 6.45) is 0.622. The Morgan fingerprint density at radius 1 is 1.32 bits per heavy atom. The molecule has 1 amide bonds. The average Bonchev–Trinajstić information content (AvgIpc) is 2.80. The van der Waals surface area contributed by atoms with Crippen molar-refractivity contribution in [3.8, 4) is 0 Å². The van der Waals surface area contributed by atoms with Crippen LogP contribution in [0.15, 0.2) is 28.8 Å². The predicted octanol–water partition coefficient (Wildman–Crippen LogP) is 2.74. The van der Waals surface area contributed by atoms with Gasteiger partial charge in [0.1, 0.15) is 0 Å². The molecule has 2 rings (SSSR count). The minimum absolute atomic E-state index is 0.0764. The third kappa shape index (κ3) is 3.64. The van der Waals surface area contributed by atoms with Crippen molar-refractivity contribution in [1.82, 2.24) is 10.1 Å². The van der Waals surface area contributed by atoms with Crippen molar-refractivity contribution >= 4 is 11.6 Å². The van der Waals surface area contributed by atoms with E-state index < -0.39 is 0 Å². The van der Waals surface area contributed by atoms with Gasteiger partial charge in [0.05, 0.1) is 0 Å². The van der Waals surface area contributed by atoms with Gasteiger partial charge < -0.3 is 9.84 Å². The number of nitrogens with one attached hydrogen (secondary N) is 1. The van der Waals surface area contributed by atoms with Crippen LogP contribution in [0.1, 0.15) is 44.0 Å². The van der Waals surface area contributed by atoms with Crippen molar-refractivity contribution in [3.05, 3.63) is 41.5 Å². The highest BCUT2D eigenvalue weighted by molar-refractivity contribution is 5.88. The van der Waals surface area contributed by atoms with Crippen LogP contribution in [0.5, 0.6) is 0 Å². The second-order valence-corrected chi connectivity index (χ2v) is 4.76. The fraction of sp³-hybridized carbons (Fsp3) is 0.357. The van der Waals surface area contributed by atoms with Gasteiger partial charge in [-0.15, -0.1) is 0 Å². The first-order chi connectivity index (χ1) is 9.04. The Kier molecular flexibility index (Phi) is 3.94. The normalized spacial score (nSPS) is 10.7. The molecule has 0 aliphatic carbocycles. The monoisotopic (exact) mass is 259 g/mol. The van der Waals surface area contributed by atoms with Crippen LogP contribution in [0.2, 0.25) is 0 Å². The van der Waals surface area contributed by atoms with Gasteiger partial charge in [0, 0.05) is 24.9 Å². The van der Waals surface area contributed by atoms with Crippen molar-refractivity contribution in [2.24, 2.45) is 0 Å². The number of hydrogen-bond donors (Lipinski definition) is 1. The molecule has 1 heterocycles. The topological polar surface area (TPSA) is 68.0 Å². The third-order valence-electron chi connectivity index (χ3n) is 2.61. The molecule has 19 heavy (non-hydrogen) atoms. The van der Waals surface area contributed by atoms with Crippen molar-refractivity contribution in [3.63, 3.8) is 0 Å². The van der Waals surface area contributed by atoms with E-state index in [1.54, 1.807) is 0 Å². The van der Waals surface area contributed by atoms with Crippen LogP contribution in [0, 0.1) is 0 Å². The highest BCUT2D eigenvalue weighted by Crippen LogP contribution is 2.15. The lowest BCUT2D eigenvalue weighted by atomic mass is 10.1. The van der Waals surface area contributed by atoms with Crippen LogP contribution < -0.4 is 5.32 Å². The van der Waals surface area contributed by atoms with Crippen LogP contribution in [0.4, 0.5) is 5.69 Å². The van der Waals surface area contributed by atoms with Gasteiger partial charge in [0.15, 0.2) is 5.82 Å². The number of nitrogens with zero attached hydrogens (tertiary/aromatic N) is 2. The molecular weight excluding hydrogens is 242 g/mol. The Morgan fingerprint density at radius 3 is 2.53 bits per heavy atom. The number of amides is 1. The van der Waals surface area contributed by atoms with E-state index in [0.29, 0.717) is 18.1 Å². The molecule has 0 atom stereocenters. The standard InChI is InChI=1S/C14H17N3O2/c1-9(2)14-16-13(17-19-14)8-11-4-6-12(7-5-11)15-10(3)18/h4-7,9H,8H2,1-3H3,(H,15,18). The molecule has 0 radical (unpaired) electrons. The summed E-state index contributed by atoms with van der Waals surface area (Å²) in [5.41, 5.74) is 1.86. The minimum Gasteiger partial charge on any atom is -0.339 e. The Hall–Kier alpha value is -2.17. The summed E-state index contributed by atoms with van der Waals surface area (Å²) in [7, 11) is 0. The lowest BCUT2D eigenvalue weighted by Crippen LogP contribution is -2.05. The molecular formula is C14H17N3O2. The summed E-state index contributed by atoms with van der Waals surface area (Å²) >= 11 is 0. The summed E-state index contributed by atoms with van der Waals surface area (Å²) in [6, 6.07) is 7.60. The Balaban J connectivity index is 2.04. The average molecular weight is 259 g/mol. The van der Waals surface area contributed by atoms with Gasteiger partial charge in [-0.1, -0.05) is 31.1 Å². The summed E-state index contributed by atoms with van der Waals surface area (Å²) < 4.78 is 5.16. The van der Waals surface area contributed by atoms with Crippen molar-refractivity contribution in [2.45, 2.75) is 33.1 Å². The quantitative estimate of drug-likeness (QED) is 0.916. The Morgan fingerprint density at radius 2 is 2.00 bits per heavy atom. The molecule has 0 spiro atoms. The first kappa shape index (κ1) is 13.3. The van der Waals surface area contributed by atoms with Crippen molar-refractivity contribution in [2.75, 3.05) is 5.32 Å². The highest BCUT2D eigenvalue weighted by atomic mass is 16.5. The fourth-order valence-electron chi connectivity index (χ4n) is 1.67. The maximum Gasteiger partial charge on any atom is 0.229 e. The molecule has 0 saturated carbocycles. The van der Waals surface area contributed by atoms with Crippen LogP contribution in [-0.4, -0.2) is 16.0 Å². The summed E-state index contributed by atoms with van der Waals surface area (Å²) in [5, 5.41) is 6.67. The van der Waals surface area contributed by atoms with Crippen molar-refractivity contribution in [1.29, 1.82) is 0 Å². The first-order valence-electron chi connectivity index (χ1n) is 6.23. The number of aromatic nitrogens is 2. The Bertz CT molecular complexity index is 558. The zero-order chi connectivity index (χ0) is 13.8. The zero-order valence-electron chi connectivity index (χ0n) is 11.3. The lowest BCUT2D eigenvalue weighted by Gasteiger charge is -2.02. The minimum atomic E-state index is -0.0764. The van der Waals surface area contributed by atoms with E-state index in [-0.39, 0.29) is 11.8 Å². The SMILES string of the molecule is CC(=O)Nc1ccc(Cc2noc(C(C)C)n2)cc1. The largest absolute Gasteiger partial charge is 0.339 e. The van der Waals surface area contributed by atoms with E-state index in [1.807, 2.05) is 38.1 Å². The molecule has 1 N–H and O–H groups in total. The zero-order valence-corrected chi connectivity index (χ0v) is 11.3. The molecule has 1 aromatic heterocycles. The van der Waals surface area contributed by atoms with Gasteiger partial charge >= 0.3 is 0 Å². The number of carbonyl (C=O) groups is 1. The van der Waals surface area contributed by atoms with E-state index >= 15 is 0 Å². The van der Waals surface area contributed by atoms with E-state index in [0.717, 1.165) is 11.3 Å². The molecule has 2 aromatic rings. The molecule has 0 aliphatic heterocycles. The van der Waals surface area contributed by atoms with Crippen LogP contribution >= 0.6 is 0 Å². The molecule has 5 nitrogen and oxygen atoms in total. The maximum atomic E-state index is 10.9. The second kappa shape index (κ2) is 5.65. The van der Waals surface area contributed by atoms with Gasteiger partial charge in [0.25, 0.3) is 0 Å². The van der Waals surface area contributed by atoms with Crippen LogP contribution in [-0.2, 0) is 11.2 Å². The number of benzene rings is 1. The van der Waals surface area contributed by atoms with Gasteiger partial charge in [-0.3, -0.25) is 4.79 Å². The summed E-state index contributed by atoms with van der Waals surface area (Å²) in [6.45, 7) is 5.51. The van der Waals surface area contributed by atoms with Crippen LogP contribution in [0.25, 0.3) is 0 Å². The number of carbonyl (C=O) groups excluding carboxylic acids is 1. The molecule has 100 valence electrons. The predicted molar refractivity (Wildman–Crippen MR) is 71.9 cm³/mol. The van der Waals surface area contributed by atoms with Crippen LogP contribution in [0.3, 0.4) is 0 Å². The van der Waals surface area contributed by atoms with Gasteiger partial charge in [0.2, 0.25) is 11.8 Å². The summed E-state index contributed by atoms with van der Waals surface area (Å²) in [4.78, 5) is 15.2. The van der Waals surface area contributed by atoms with Crippen molar-refractivity contribution < 1.29 is 9.32 Å². The molecule has 5 heteroatoms. The fourth-order valence-corrected chi connectivity index (χ4v) is 1.67. The van der Waals surface area contributed by atoms with E-state index in [2.05, 4.69) is 15.5 Å². The van der Waals surface area contributed by atoms with E-state index in [1.165, 1.54) is 6.92 Å². The highest BCUT2D eigenvalue weighted by Gasteiger charge is 2.10.